The Kier molecular flexibility index (Phi) is 6.92. The second-order valence-electron chi connectivity index (χ2n) is 7.69. The molecule has 1 amide bonds. The van der Waals surface area contributed by atoms with E-state index in [2.05, 4.69) is 48.2 Å². The number of hydrogen-bond acceptors (Lipinski definition) is 4. The van der Waals surface area contributed by atoms with Crippen molar-refractivity contribution in [2.75, 3.05) is 24.5 Å². The van der Waals surface area contributed by atoms with Crippen LogP contribution < -0.4 is 4.90 Å². The van der Waals surface area contributed by atoms with Crippen LogP contribution in [0.25, 0.3) is 11.3 Å². The van der Waals surface area contributed by atoms with E-state index in [-0.39, 0.29) is 46.2 Å². The summed E-state index contributed by atoms with van der Waals surface area (Å²) >= 11 is 6.20. The summed E-state index contributed by atoms with van der Waals surface area (Å²) < 4.78 is 19.7. The number of aromatic nitrogens is 1. The first-order chi connectivity index (χ1) is 14.4. The number of piperazine rings is 1. The molecule has 31 heavy (non-hydrogen) atoms. The highest BCUT2D eigenvalue weighted by Crippen LogP contribution is 2.34. The molecule has 1 aliphatic heterocycles. The third-order valence-corrected chi connectivity index (χ3v) is 5.87. The van der Waals surface area contributed by atoms with Crippen LogP contribution in [0.2, 0.25) is 5.02 Å². The van der Waals surface area contributed by atoms with E-state index in [1.54, 1.807) is 17.9 Å². The molecule has 164 valence electrons. The zero-order valence-electron chi connectivity index (χ0n) is 17.6. The molecule has 1 aliphatic rings. The monoisotopic (exact) mass is 463 g/mol. The molecule has 0 N–H and O–H groups in total. The maximum absolute atomic E-state index is 14.5. The second-order valence-corrected chi connectivity index (χ2v) is 8.10. The van der Waals surface area contributed by atoms with Gasteiger partial charge in [0.05, 0.1) is 10.6 Å². The minimum absolute atomic E-state index is 0. The lowest BCUT2D eigenvalue weighted by Crippen LogP contribution is -2.53. The first kappa shape index (κ1) is 23.1. The number of carbonyl (C=O) groups is 1. The average Bonchev–Trinajstić information content (AvgIpc) is 3.09. The van der Waals surface area contributed by atoms with Gasteiger partial charge < -0.3 is 14.3 Å². The van der Waals surface area contributed by atoms with Crippen molar-refractivity contribution in [2.24, 2.45) is 0 Å². The number of aryl methyl sites for hydroxylation is 2. The average molecular weight is 464 g/mol. The van der Waals surface area contributed by atoms with Crippen LogP contribution in [0.1, 0.15) is 28.6 Å². The Labute approximate surface area is 192 Å². The molecule has 0 spiro atoms. The molecule has 1 atom stereocenters. The topological polar surface area (TPSA) is 49.6 Å². The van der Waals surface area contributed by atoms with Crippen LogP contribution in [-0.4, -0.2) is 41.6 Å². The van der Waals surface area contributed by atoms with Gasteiger partial charge in [0.15, 0.2) is 0 Å². The molecule has 5 nitrogen and oxygen atoms in total. The minimum Gasteiger partial charge on any atom is -0.365 e. The van der Waals surface area contributed by atoms with E-state index < -0.39 is 5.82 Å². The van der Waals surface area contributed by atoms with Gasteiger partial charge in [0.1, 0.15) is 22.8 Å². The number of halogens is 3. The van der Waals surface area contributed by atoms with Gasteiger partial charge in [-0.25, -0.2) is 4.39 Å². The molecule has 4 rings (SSSR count). The molecule has 3 aromatic rings. The predicted octanol–water partition coefficient (Wildman–Crippen LogP) is 5.52. The van der Waals surface area contributed by atoms with E-state index in [0.717, 1.165) is 5.69 Å². The highest BCUT2D eigenvalue weighted by Gasteiger charge is 2.32. The summed E-state index contributed by atoms with van der Waals surface area (Å²) in [5.74, 6) is -0.413. The maximum Gasteiger partial charge on any atom is 0.259 e. The summed E-state index contributed by atoms with van der Waals surface area (Å²) in [5, 5.41) is 4.15. The first-order valence-corrected chi connectivity index (χ1v) is 10.3. The van der Waals surface area contributed by atoms with Crippen LogP contribution in [0.5, 0.6) is 0 Å². The van der Waals surface area contributed by atoms with E-state index in [4.69, 9.17) is 16.1 Å². The van der Waals surface area contributed by atoms with Gasteiger partial charge in [-0.2, -0.15) is 0 Å². The van der Waals surface area contributed by atoms with E-state index >= 15 is 0 Å². The molecule has 1 fully saturated rings. The van der Waals surface area contributed by atoms with Crippen LogP contribution in [0.4, 0.5) is 10.1 Å². The summed E-state index contributed by atoms with van der Waals surface area (Å²) in [6.07, 6.45) is 0. The number of hydrogen-bond donors (Lipinski definition) is 0. The molecule has 1 aromatic heterocycles. The molecule has 0 saturated carbocycles. The zero-order valence-corrected chi connectivity index (χ0v) is 19.1. The smallest absolute Gasteiger partial charge is 0.259 e. The number of nitrogens with zero attached hydrogens (tertiary/aromatic N) is 3. The van der Waals surface area contributed by atoms with E-state index in [1.807, 2.05) is 0 Å². The van der Waals surface area contributed by atoms with Crippen molar-refractivity contribution in [3.8, 4) is 11.3 Å². The molecule has 1 saturated heterocycles. The Balaban J connectivity index is 0.00000272. The number of benzene rings is 2. The maximum atomic E-state index is 14.5. The molecule has 0 bridgehead atoms. The molecular formula is C23H24Cl2FN3O2. The lowest BCUT2D eigenvalue weighted by atomic mass is 10.0. The summed E-state index contributed by atoms with van der Waals surface area (Å²) in [6, 6.07) is 12.9. The van der Waals surface area contributed by atoms with Gasteiger partial charge in [-0.1, -0.05) is 40.5 Å². The lowest BCUT2D eigenvalue weighted by Gasteiger charge is -2.41. The van der Waals surface area contributed by atoms with E-state index in [9.17, 15) is 9.18 Å². The summed E-state index contributed by atoms with van der Waals surface area (Å²) in [5.41, 5.74) is 2.85. The summed E-state index contributed by atoms with van der Waals surface area (Å²) in [7, 11) is 0. The largest absolute Gasteiger partial charge is 0.365 e. The Bertz CT molecular complexity index is 1060. The number of anilines is 1. The molecule has 2 heterocycles. The van der Waals surface area contributed by atoms with Crippen LogP contribution in [-0.2, 0) is 0 Å². The normalized spacial score (nSPS) is 16.2. The van der Waals surface area contributed by atoms with Crippen LogP contribution in [0.3, 0.4) is 0 Å². The second kappa shape index (κ2) is 9.28. The fourth-order valence-corrected chi connectivity index (χ4v) is 4.19. The van der Waals surface area contributed by atoms with Crippen LogP contribution in [0, 0.1) is 19.7 Å². The van der Waals surface area contributed by atoms with E-state index in [0.29, 0.717) is 25.4 Å². The van der Waals surface area contributed by atoms with Crippen LogP contribution >= 0.6 is 24.0 Å². The van der Waals surface area contributed by atoms with Gasteiger partial charge in [-0.05, 0) is 45.0 Å². The number of rotatable bonds is 3. The summed E-state index contributed by atoms with van der Waals surface area (Å²) in [4.78, 5) is 17.4. The molecule has 2 aromatic carbocycles. The Hall–Kier alpha value is -2.57. The van der Waals surface area contributed by atoms with Crippen molar-refractivity contribution in [2.45, 2.75) is 26.8 Å². The third-order valence-electron chi connectivity index (χ3n) is 5.56. The SMILES string of the molecule is Cc1ccc(N2CCN(C(=O)c3c(-c4c(F)cccc4Cl)noc3C)CC2C)cc1.Cl. The Morgan fingerprint density at radius 2 is 1.87 bits per heavy atom. The minimum atomic E-state index is -0.539. The molecule has 0 aliphatic carbocycles. The van der Waals surface area contributed by atoms with E-state index in [1.165, 1.54) is 17.7 Å². The van der Waals surface area contributed by atoms with Crippen molar-refractivity contribution < 1.29 is 13.7 Å². The molecule has 0 radical (unpaired) electrons. The van der Waals surface area contributed by atoms with Crippen LogP contribution in [0.15, 0.2) is 47.0 Å². The fourth-order valence-electron chi connectivity index (χ4n) is 3.94. The Morgan fingerprint density at radius 1 is 1.16 bits per heavy atom. The molecule has 8 heteroatoms. The van der Waals surface area contributed by atoms with Crippen molar-refractivity contribution in [3.63, 3.8) is 0 Å². The highest BCUT2D eigenvalue weighted by molar-refractivity contribution is 6.33. The number of amides is 1. The molecule has 1 unspecified atom stereocenters. The lowest BCUT2D eigenvalue weighted by molar-refractivity contribution is 0.0725. The number of carbonyl (C=O) groups excluding carboxylic acids is 1. The molecular weight excluding hydrogens is 440 g/mol. The van der Waals surface area contributed by atoms with Crippen molar-refractivity contribution in [3.05, 3.63) is 70.2 Å². The van der Waals surface area contributed by atoms with Gasteiger partial charge in [0.2, 0.25) is 0 Å². The van der Waals surface area contributed by atoms with Gasteiger partial charge >= 0.3 is 0 Å². The third kappa shape index (κ3) is 4.41. The van der Waals surface area contributed by atoms with Crippen molar-refractivity contribution in [1.82, 2.24) is 10.1 Å². The first-order valence-electron chi connectivity index (χ1n) is 9.90. The highest BCUT2D eigenvalue weighted by atomic mass is 35.5. The standard InChI is InChI=1S/C23H23ClFN3O2.ClH/c1-14-7-9-17(10-8-14)28-12-11-27(13-15(28)2)23(29)20-16(3)30-26-22(20)21-18(24)5-4-6-19(21)25;/h4-10,15H,11-13H2,1-3H3;1H. The zero-order chi connectivity index (χ0) is 21.4. The van der Waals surface area contributed by atoms with Gasteiger partial charge in [0.25, 0.3) is 5.91 Å². The van der Waals surface area contributed by atoms with Gasteiger partial charge in [-0.15, -0.1) is 12.4 Å². The van der Waals surface area contributed by atoms with Crippen molar-refractivity contribution >= 4 is 35.6 Å². The van der Waals surface area contributed by atoms with Crippen molar-refractivity contribution in [1.29, 1.82) is 0 Å². The quantitative estimate of drug-likeness (QED) is 0.512. The van der Waals surface area contributed by atoms with Gasteiger partial charge in [-0.3, -0.25) is 4.79 Å². The van der Waals surface area contributed by atoms with Gasteiger partial charge in [0, 0.05) is 31.4 Å². The fraction of sp³-hybridized carbons (Fsp3) is 0.304. The predicted molar refractivity (Wildman–Crippen MR) is 123 cm³/mol. The Morgan fingerprint density at radius 3 is 2.52 bits per heavy atom. The summed E-state index contributed by atoms with van der Waals surface area (Å²) in [6.45, 7) is 7.60.